The summed E-state index contributed by atoms with van der Waals surface area (Å²) >= 11 is 0. The molecule has 1 rings (SSSR count). The lowest BCUT2D eigenvalue weighted by atomic mass is 9.95. The summed E-state index contributed by atoms with van der Waals surface area (Å²) < 4.78 is 4.81. The van der Waals surface area contributed by atoms with Gasteiger partial charge in [-0.15, -0.1) is 0 Å². The van der Waals surface area contributed by atoms with Gasteiger partial charge in [0.2, 0.25) is 0 Å². The number of aromatic hydroxyl groups is 1. The number of nitrogens with zero attached hydrogens (tertiary/aromatic N) is 1. The second kappa shape index (κ2) is 7.53. The molecule has 1 N–H and O–H groups in total. The second-order valence-corrected chi connectivity index (χ2v) is 4.83. The Morgan fingerprint density at radius 1 is 1.30 bits per heavy atom. The monoisotopic (exact) mass is 279 g/mol. The predicted molar refractivity (Wildman–Crippen MR) is 76.6 cm³/mol. The fourth-order valence-electron chi connectivity index (χ4n) is 1.66. The van der Waals surface area contributed by atoms with Crippen molar-refractivity contribution in [1.82, 2.24) is 0 Å². The van der Waals surface area contributed by atoms with Crippen LogP contribution in [0.15, 0.2) is 29.4 Å². The predicted octanol–water partition coefficient (Wildman–Crippen LogP) is 2.52. The average molecular weight is 279 g/mol. The zero-order chi connectivity index (χ0) is 15.1. The van der Waals surface area contributed by atoms with E-state index in [9.17, 15) is 9.90 Å². The van der Waals surface area contributed by atoms with Crippen LogP contribution in [0.25, 0.3) is 0 Å². The first-order valence-electron chi connectivity index (χ1n) is 6.50. The number of oxime groups is 1. The lowest BCUT2D eigenvalue weighted by Gasteiger charge is -2.15. The van der Waals surface area contributed by atoms with E-state index in [2.05, 4.69) is 5.16 Å². The molecule has 0 bridgehead atoms. The normalized spacial score (nSPS) is 13.2. The van der Waals surface area contributed by atoms with Crippen LogP contribution in [0.3, 0.4) is 0 Å². The van der Waals surface area contributed by atoms with E-state index >= 15 is 0 Å². The summed E-state index contributed by atoms with van der Waals surface area (Å²) in [5.74, 6) is -0.660. The molecule has 0 saturated carbocycles. The standard InChI is InChI=1S/C15H21NO4/c1-10(2)20-16-11(3)14(15(18)19-4)9-12-5-7-13(17)8-6-12/h5-8,10,14,17H,9H2,1-4H3/b16-11-. The van der Waals surface area contributed by atoms with Gasteiger partial charge in [-0.3, -0.25) is 4.79 Å². The van der Waals surface area contributed by atoms with Gasteiger partial charge in [0.1, 0.15) is 17.8 Å². The maximum absolute atomic E-state index is 11.9. The van der Waals surface area contributed by atoms with Crippen LogP contribution < -0.4 is 0 Å². The molecule has 0 spiro atoms. The molecule has 0 aliphatic rings. The Bertz CT molecular complexity index is 465. The lowest BCUT2D eigenvalue weighted by molar-refractivity contribution is -0.143. The number of benzene rings is 1. The SMILES string of the molecule is COC(=O)C(Cc1ccc(O)cc1)/C(C)=N\OC(C)C. The third-order valence-electron chi connectivity index (χ3n) is 2.77. The molecule has 0 heterocycles. The van der Waals surface area contributed by atoms with Gasteiger partial charge in [0.05, 0.1) is 12.8 Å². The fraction of sp³-hybridized carbons (Fsp3) is 0.467. The van der Waals surface area contributed by atoms with E-state index in [4.69, 9.17) is 9.57 Å². The third kappa shape index (κ3) is 4.91. The third-order valence-corrected chi connectivity index (χ3v) is 2.77. The zero-order valence-corrected chi connectivity index (χ0v) is 12.3. The smallest absolute Gasteiger partial charge is 0.314 e. The molecular weight excluding hydrogens is 258 g/mol. The van der Waals surface area contributed by atoms with E-state index in [0.717, 1.165) is 5.56 Å². The van der Waals surface area contributed by atoms with E-state index in [1.54, 1.807) is 31.2 Å². The van der Waals surface area contributed by atoms with Crippen molar-refractivity contribution < 1.29 is 19.5 Å². The first-order chi connectivity index (χ1) is 9.43. The van der Waals surface area contributed by atoms with Crippen molar-refractivity contribution in [3.8, 4) is 5.75 Å². The molecule has 0 aliphatic heterocycles. The number of methoxy groups -OCH3 is 1. The molecule has 1 aromatic carbocycles. The highest BCUT2D eigenvalue weighted by atomic mass is 16.6. The van der Waals surface area contributed by atoms with Gasteiger partial charge in [0.15, 0.2) is 0 Å². The highest BCUT2D eigenvalue weighted by Gasteiger charge is 2.23. The number of ether oxygens (including phenoxy) is 1. The summed E-state index contributed by atoms with van der Waals surface area (Å²) in [6.45, 7) is 5.47. The van der Waals surface area contributed by atoms with Gasteiger partial charge in [-0.05, 0) is 44.9 Å². The van der Waals surface area contributed by atoms with E-state index < -0.39 is 5.92 Å². The Labute approximate surface area is 119 Å². The van der Waals surface area contributed by atoms with Crippen LogP contribution in [-0.4, -0.2) is 30.0 Å². The summed E-state index contributed by atoms with van der Waals surface area (Å²) in [5, 5.41) is 13.2. The summed E-state index contributed by atoms with van der Waals surface area (Å²) in [7, 11) is 1.35. The van der Waals surface area contributed by atoms with Crippen LogP contribution in [-0.2, 0) is 20.8 Å². The van der Waals surface area contributed by atoms with Crippen LogP contribution in [0.1, 0.15) is 26.3 Å². The van der Waals surface area contributed by atoms with Crippen LogP contribution in [0.5, 0.6) is 5.75 Å². The minimum Gasteiger partial charge on any atom is -0.508 e. The zero-order valence-electron chi connectivity index (χ0n) is 12.3. The number of phenols is 1. The highest BCUT2D eigenvalue weighted by molar-refractivity contribution is 6.00. The quantitative estimate of drug-likeness (QED) is 0.493. The van der Waals surface area contributed by atoms with Gasteiger partial charge in [-0.1, -0.05) is 17.3 Å². The summed E-state index contributed by atoms with van der Waals surface area (Å²) in [4.78, 5) is 17.0. The Balaban J connectivity index is 2.86. The number of hydrogen-bond acceptors (Lipinski definition) is 5. The summed E-state index contributed by atoms with van der Waals surface area (Å²) in [5.41, 5.74) is 1.48. The molecule has 0 fully saturated rings. The van der Waals surface area contributed by atoms with Gasteiger partial charge < -0.3 is 14.7 Å². The first-order valence-corrected chi connectivity index (χ1v) is 6.50. The van der Waals surface area contributed by atoms with Crippen molar-refractivity contribution >= 4 is 11.7 Å². The Morgan fingerprint density at radius 3 is 2.40 bits per heavy atom. The van der Waals surface area contributed by atoms with Crippen molar-refractivity contribution in [3.63, 3.8) is 0 Å². The minimum atomic E-state index is -0.497. The van der Waals surface area contributed by atoms with Crippen LogP contribution >= 0.6 is 0 Å². The van der Waals surface area contributed by atoms with Gasteiger partial charge in [0, 0.05) is 0 Å². The molecule has 0 radical (unpaired) electrons. The molecule has 1 aromatic rings. The van der Waals surface area contributed by atoms with Gasteiger partial charge in [-0.25, -0.2) is 0 Å². The van der Waals surface area contributed by atoms with Crippen molar-refractivity contribution in [2.45, 2.75) is 33.3 Å². The number of carbonyl (C=O) groups is 1. The molecule has 20 heavy (non-hydrogen) atoms. The molecule has 0 aliphatic carbocycles. The van der Waals surface area contributed by atoms with Gasteiger partial charge >= 0.3 is 5.97 Å². The van der Waals surface area contributed by atoms with Crippen molar-refractivity contribution in [2.75, 3.05) is 7.11 Å². The minimum absolute atomic E-state index is 0.0445. The van der Waals surface area contributed by atoms with Crippen LogP contribution in [0.4, 0.5) is 0 Å². The maximum Gasteiger partial charge on any atom is 0.314 e. The van der Waals surface area contributed by atoms with Crippen LogP contribution in [0.2, 0.25) is 0 Å². The molecule has 1 atom stereocenters. The fourth-order valence-corrected chi connectivity index (χ4v) is 1.66. The summed E-state index contributed by atoms with van der Waals surface area (Å²) in [6, 6.07) is 6.70. The van der Waals surface area contributed by atoms with Crippen LogP contribution in [0, 0.1) is 5.92 Å². The number of phenolic OH excluding ortho intramolecular Hbond substituents is 1. The topological polar surface area (TPSA) is 68.1 Å². The number of rotatable bonds is 6. The molecule has 1 unspecified atom stereocenters. The lowest BCUT2D eigenvalue weighted by Crippen LogP contribution is -2.26. The Kier molecular flexibility index (Phi) is 6.03. The number of esters is 1. The van der Waals surface area contributed by atoms with E-state index in [1.807, 2.05) is 13.8 Å². The Hall–Kier alpha value is -2.04. The van der Waals surface area contributed by atoms with E-state index in [1.165, 1.54) is 7.11 Å². The molecule has 0 saturated heterocycles. The number of carbonyl (C=O) groups excluding carboxylic acids is 1. The maximum atomic E-state index is 11.9. The van der Waals surface area contributed by atoms with Crippen molar-refractivity contribution in [2.24, 2.45) is 11.1 Å². The molecule has 5 nitrogen and oxygen atoms in total. The molecule has 5 heteroatoms. The van der Waals surface area contributed by atoms with Crippen molar-refractivity contribution in [1.29, 1.82) is 0 Å². The Morgan fingerprint density at radius 2 is 1.90 bits per heavy atom. The van der Waals surface area contributed by atoms with E-state index in [-0.39, 0.29) is 17.8 Å². The first kappa shape index (κ1) is 16.0. The van der Waals surface area contributed by atoms with Gasteiger partial charge in [0.25, 0.3) is 0 Å². The number of hydrogen-bond donors (Lipinski definition) is 1. The molecule has 0 aromatic heterocycles. The van der Waals surface area contributed by atoms with E-state index in [0.29, 0.717) is 12.1 Å². The molecule has 0 amide bonds. The van der Waals surface area contributed by atoms with Crippen molar-refractivity contribution in [3.05, 3.63) is 29.8 Å². The van der Waals surface area contributed by atoms with Gasteiger partial charge in [-0.2, -0.15) is 0 Å². The summed E-state index contributed by atoms with van der Waals surface area (Å²) in [6.07, 6.45) is 0.404. The molecular formula is C15H21NO4. The average Bonchev–Trinajstić information content (AvgIpc) is 2.43. The largest absolute Gasteiger partial charge is 0.508 e. The second-order valence-electron chi connectivity index (χ2n) is 4.83. The molecule has 110 valence electrons. The highest BCUT2D eigenvalue weighted by Crippen LogP contribution is 2.16.